The Morgan fingerprint density at radius 1 is 1.18 bits per heavy atom. The van der Waals surface area contributed by atoms with Gasteiger partial charge in [0.1, 0.15) is 11.7 Å². The van der Waals surface area contributed by atoms with Crippen LogP contribution in [0.4, 0.5) is 4.79 Å². The number of fused-ring (bicyclic) bond motifs is 1. The maximum atomic E-state index is 12.7. The Bertz CT molecular complexity index is 1580. The maximum absolute atomic E-state index is 12.7. The van der Waals surface area contributed by atoms with Crippen LogP contribution in [0.25, 0.3) is 16.6 Å². The first-order valence-corrected chi connectivity index (χ1v) is 14.7. The number of ether oxygens (including phenoxy) is 1. The molecule has 0 saturated carbocycles. The number of piperidine rings is 1. The number of likely N-dealkylation sites (tertiary alicyclic amines) is 1. The molecule has 8 nitrogen and oxygen atoms in total. The molecule has 0 bridgehead atoms. The van der Waals surface area contributed by atoms with Crippen LogP contribution in [0.15, 0.2) is 53.9 Å². The monoisotopic (exact) mass is 596 g/mol. The summed E-state index contributed by atoms with van der Waals surface area (Å²) in [5, 5.41) is 20.0. The molecule has 1 amide bonds. The number of carbonyl (C=O) groups is 1. The van der Waals surface area contributed by atoms with E-state index in [1.807, 2.05) is 69.2 Å². The molecule has 5 rings (SSSR count). The molecule has 0 aliphatic carbocycles. The van der Waals surface area contributed by atoms with E-state index >= 15 is 0 Å². The molecule has 1 saturated heterocycles. The number of pyridine rings is 1. The number of carbonyl (C=O) groups excluding carboxylic acids is 1. The first-order chi connectivity index (χ1) is 19.0. The highest BCUT2D eigenvalue weighted by Gasteiger charge is 2.29. The van der Waals surface area contributed by atoms with E-state index in [0.29, 0.717) is 28.7 Å². The number of hydrogen-bond donors (Lipinski definition) is 0. The third-order valence-corrected chi connectivity index (χ3v) is 8.58. The average Bonchev–Trinajstić information content (AvgIpc) is 3.55. The molecule has 0 N–H and O–H groups in total. The number of halogens is 2. The number of hydrogen-bond acceptors (Lipinski definition) is 6. The van der Waals surface area contributed by atoms with Crippen LogP contribution in [0.2, 0.25) is 10.0 Å². The van der Waals surface area contributed by atoms with Gasteiger partial charge in [-0.3, -0.25) is 4.68 Å². The van der Waals surface area contributed by atoms with Crippen LogP contribution in [0, 0.1) is 11.3 Å². The molecule has 4 aromatic rings. The Balaban J connectivity index is 1.44. The van der Waals surface area contributed by atoms with Crippen molar-refractivity contribution in [2.24, 2.45) is 0 Å². The molecule has 40 heavy (non-hydrogen) atoms. The summed E-state index contributed by atoms with van der Waals surface area (Å²) >= 11 is 14.6. The molecule has 1 fully saturated rings. The van der Waals surface area contributed by atoms with Crippen LogP contribution < -0.4 is 0 Å². The van der Waals surface area contributed by atoms with Gasteiger partial charge in [-0.05, 0) is 58.7 Å². The van der Waals surface area contributed by atoms with E-state index in [4.69, 9.17) is 27.9 Å². The lowest BCUT2D eigenvalue weighted by Crippen LogP contribution is -2.43. The second-order valence-electron chi connectivity index (χ2n) is 10.9. The summed E-state index contributed by atoms with van der Waals surface area (Å²) < 4.78 is 9.25. The maximum Gasteiger partial charge on any atom is 0.410 e. The highest BCUT2D eigenvalue weighted by Crippen LogP contribution is 2.44. The van der Waals surface area contributed by atoms with Gasteiger partial charge >= 0.3 is 6.09 Å². The summed E-state index contributed by atoms with van der Waals surface area (Å²) in [7, 11) is 0. The summed E-state index contributed by atoms with van der Waals surface area (Å²) in [6, 6.07) is 9.83. The molecule has 11 heteroatoms. The van der Waals surface area contributed by atoms with Gasteiger partial charge in [-0.1, -0.05) is 29.3 Å². The molecule has 2 atom stereocenters. The van der Waals surface area contributed by atoms with E-state index in [2.05, 4.69) is 22.3 Å². The van der Waals surface area contributed by atoms with Gasteiger partial charge in [0.15, 0.2) is 0 Å². The standard InChI is InChI=1S/C29H30Cl2N6O2S/c1-18(26-23(30)8-5-9-24(26)31)40-25-11-19(15-37-27(25)20(12-32)13-34-37)21-14-33-36(16-21)22-7-6-10-35(17-22)28(38)39-29(2,3)4/h5,8-9,11,13-16,18,22H,6-7,10,17H2,1-4H3/t18-,22+/m1/s1. The third-order valence-electron chi connectivity index (χ3n) is 6.76. The topological polar surface area (TPSA) is 88.4 Å². The second kappa shape index (κ2) is 11.4. The zero-order chi connectivity index (χ0) is 28.6. The zero-order valence-corrected chi connectivity index (χ0v) is 25.1. The lowest BCUT2D eigenvalue weighted by atomic mass is 10.1. The van der Waals surface area contributed by atoms with Gasteiger partial charge in [-0.15, -0.1) is 11.8 Å². The van der Waals surface area contributed by atoms with Gasteiger partial charge in [-0.2, -0.15) is 15.5 Å². The first kappa shape index (κ1) is 28.3. The zero-order valence-electron chi connectivity index (χ0n) is 22.8. The Hall–Kier alpha value is -3.19. The summed E-state index contributed by atoms with van der Waals surface area (Å²) in [4.78, 5) is 15.3. The minimum absolute atomic E-state index is 0.0462. The molecule has 3 aromatic heterocycles. The van der Waals surface area contributed by atoms with E-state index in [1.54, 1.807) is 27.4 Å². The van der Waals surface area contributed by atoms with E-state index < -0.39 is 5.60 Å². The molecule has 0 unspecified atom stereocenters. The van der Waals surface area contributed by atoms with Crippen LogP contribution in [-0.2, 0) is 4.74 Å². The van der Waals surface area contributed by atoms with Gasteiger partial charge in [0.05, 0.1) is 29.5 Å². The predicted octanol–water partition coefficient (Wildman–Crippen LogP) is 7.80. The van der Waals surface area contributed by atoms with Crippen molar-refractivity contribution in [3.05, 3.63) is 70.2 Å². The molecular weight excluding hydrogens is 567 g/mol. The Morgan fingerprint density at radius 2 is 1.93 bits per heavy atom. The smallest absolute Gasteiger partial charge is 0.410 e. The molecular formula is C29H30Cl2N6O2S. The lowest BCUT2D eigenvalue weighted by Gasteiger charge is -2.34. The lowest BCUT2D eigenvalue weighted by molar-refractivity contribution is 0.0167. The number of nitrogens with zero attached hydrogens (tertiary/aromatic N) is 6. The third kappa shape index (κ3) is 5.95. The van der Waals surface area contributed by atoms with E-state index in [1.165, 1.54) is 0 Å². The Labute approximate surface area is 247 Å². The first-order valence-electron chi connectivity index (χ1n) is 13.1. The summed E-state index contributed by atoms with van der Waals surface area (Å²) in [5.74, 6) is 0. The average molecular weight is 598 g/mol. The summed E-state index contributed by atoms with van der Waals surface area (Å²) in [6.45, 7) is 8.87. The number of aromatic nitrogens is 4. The van der Waals surface area contributed by atoms with Crippen molar-refractivity contribution in [2.45, 2.75) is 62.3 Å². The SMILES string of the molecule is C[C@@H](Sc1cc(-c2cnn([C@H]3CCCN(C(=O)OC(C)(C)C)C3)c2)cn2ncc(C#N)c12)c1c(Cl)cccc1Cl. The fraction of sp³-hybridized carbons (Fsp3) is 0.379. The van der Waals surface area contributed by atoms with Crippen molar-refractivity contribution in [3.63, 3.8) is 0 Å². The molecule has 1 aliphatic heterocycles. The summed E-state index contributed by atoms with van der Waals surface area (Å²) in [6.07, 6.45) is 8.80. The van der Waals surface area contributed by atoms with Crippen molar-refractivity contribution < 1.29 is 9.53 Å². The van der Waals surface area contributed by atoms with Crippen molar-refractivity contribution >= 4 is 46.6 Å². The Kier molecular flexibility index (Phi) is 8.05. The number of amides is 1. The number of benzene rings is 1. The van der Waals surface area contributed by atoms with Crippen LogP contribution in [0.1, 0.15) is 63.0 Å². The highest BCUT2D eigenvalue weighted by atomic mass is 35.5. The van der Waals surface area contributed by atoms with Gasteiger partial charge < -0.3 is 9.64 Å². The molecule has 4 heterocycles. The number of nitriles is 1. The van der Waals surface area contributed by atoms with Gasteiger partial charge in [0.25, 0.3) is 0 Å². The minimum atomic E-state index is -0.538. The van der Waals surface area contributed by atoms with Crippen molar-refractivity contribution in [3.8, 4) is 17.2 Å². The second-order valence-corrected chi connectivity index (χ2v) is 13.1. The Morgan fingerprint density at radius 3 is 2.62 bits per heavy atom. The van der Waals surface area contributed by atoms with Crippen LogP contribution >= 0.6 is 35.0 Å². The van der Waals surface area contributed by atoms with Crippen molar-refractivity contribution in [1.82, 2.24) is 24.3 Å². The fourth-order valence-electron chi connectivity index (χ4n) is 4.91. The highest BCUT2D eigenvalue weighted by molar-refractivity contribution is 7.99. The van der Waals surface area contributed by atoms with Crippen molar-refractivity contribution in [2.75, 3.05) is 13.1 Å². The van der Waals surface area contributed by atoms with Crippen LogP contribution in [0.3, 0.4) is 0 Å². The van der Waals surface area contributed by atoms with Gasteiger partial charge in [0.2, 0.25) is 0 Å². The van der Waals surface area contributed by atoms with E-state index in [0.717, 1.165) is 39.9 Å². The minimum Gasteiger partial charge on any atom is -0.444 e. The van der Waals surface area contributed by atoms with Crippen molar-refractivity contribution in [1.29, 1.82) is 5.26 Å². The normalized spacial score (nSPS) is 16.6. The van der Waals surface area contributed by atoms with Crippen LogP contribution in [0.5, 0.6) is 0 Å². The molecule has 208 valence electrons. The predicted molar refractivity (Wildman–Crippen MR) is 158 cm³/mol. The van der Waals surface area contributed by atoms with Gasteiger partial charge in [0, 0.05) is 62.4 Å². The van der Waals surface area contributed by atoms with Gasteiger partial charge in [-0.25, -0.2) is 9.31 Å². The molecule has 0 radical (unpaired) electrons. The molecule has 1 aliphatic rings. The largest absolute Gasteiger partial charge is 0.444 e. The molecule has 0 spiro atoms. The number of rotatable bonds is 5. The fourth-order valence-corrected chi connectivity index (χ4v) is 7.03. The number of thioether (sulfide) groups is 1. The summed E-state index contributed by atoms with van der Waals surface area (Å²) in [5.41, 5.74) is 3.36. The van der Waals surface area contributed by atoms with E-state index in [-0.39, 0.29) is 17.4 Å². The van der Waals surface area contributed by atoms with Crippen LogP contribution in [-0.4, -0.2) is 49.1 Å². The molecule has 1 aromatic carbocycles. The quantitative estimate of drug-likeness (QED) is 0.218. The van der Waals surface area contributed by atoms with E-state index in [9.17, 15) is 10.1 Å².